The fourth-order valence-corrected chi connectivity index (χ4v) is 3.51. The quantitative estimate of drug-likeness (QED) is 0.192. The Morgan fingerprint density at radius 2 is 1.42 bits per heavy atom. The molecule has 5 nitrogen and oxygen atoms in total. The summed E-state index contributed by atoms with van der Waals surface area (Å²) in [6, 6.07) is 5.41. The lowest BCUT2D eigenvalue weighted by Crippen LogP contribution is -2.42. The molecule has 0 aliphatic rings. The summed E-state index contributed by atoms with van der Waals surface area (Å²) in [5, 5.41) is 21.3. The topological polar surface area (TPSA) is 86.6 Å². The molecule has 174 valence electrons. The molecule has 1 aromatic carbocycles. The van der Waals surface area contributed by atoms with E-state index in [0.29, 0.717) is 6.42 Å². The normalized spacial score (nSPS) is 12.2. The van der Waals surface area contributed by atoms with Crippen LogP contribution in [0.4, 0.5) is 0 Å². The molecule has 0 bridgehead atoms. The van der Waals surface area contributed by atoms with Gasteiger partial charge in [-0.25, -0.2) is 4.79 Å². The zero-order valence-corrected chi connectivity index (χ0v) is 19.2. The number of phenolic OH excluding ortho intramolecular Hbond substituents is 1. The third-order valence-corrected chi connectivity index (χ3v) is 5.43. The number of hydrogen-bond donors (Lipinski definition) is 3. The minimum atomic E-state index is -1.05. The number of rotatable bonds is 18. The van der Waals surface area contributed by atoms with Crippen molar-refractivity contribution < 1.29 is 19.8 Å². The summed E-state index contributed by atoms with van der Waals surface area (Å²) in [5.41, 5.74) is 0.760. The highest BCUT2D eigenvalue weighted by Gasteiger charge is 2.20. The van der Waals surface area contributed by atoms with E-state index in [1.165, 1.54) is 63.5 Å². The van der Waals surface area contributed by atoms with Crippen molar-refractivity contribution in [2.24, 2.45) is 0 Å². The summed E-state index contributed by atoms with van der Waals surface area (Å²) in [4.78, 5) is 23.5. The van der Waals surface area contributed by atoms with Gasteiger partial charge in [0.15, 0.2) is 0 Å². The van der Waals surface area contributed by atoms with E-state index < -0.39 is 12.0 Å². The summed E-state index contributed by atoms with van der Waals surface area (Å²) in [7, 11) is 0. The Labute approximate surface area is 188 Å². The van der Waals surface area contributed by atoms with Gasteiger partial charge in [-0.1, -0.05) is 76.2 Å². The van der Waals surface area contributed by atoms with Crippen LogP contribution < -0.4 is 5.32 Å². The third-order valence-electron chi connectivity index (χ3n) is 5.43. The highest BCUT2D eigenvalue weighted by molar-refractivity contribution is 5.83. The van der Waals surface area contributed by atoms with Crippen LogP contribution in [0.5, 0.6) is 5.75 Å². The molecule has 31 heavy (non-hydrogen) atoms. The van der Waals surface area contributed by atoms with Crippen molar-refractivity contribution in [2.45, 2.75) is 103 Å². The fourth-order valence-electron chi connectivity index (χ4n) is 3.51. The van der Waals surface area contributed by atoms with Crippen molar-refractivity contribution >= 4 is 11.9 Å². The SMILES string of the molecule is CCCCCCC/C=C\CCCCCCCC(=O)N[C@@H](Cc1ccc(O)cc1)C(=O)O. The molecule has 3 N–H and O–H groups in total. The van der Waals surface area contributed by atoms with E-state index in [9.17, 15) is 19.8 Å². The molecule has 1 amide bonds. The first-order valence-electron chi connectivity index (χ1n) is 12.0. The van der Waals surface area contributed by atoms with Gasteiger partial charge < -0.3 is 15.5 Å². The van der Waals surface area contributed by atoms with Crippen molar-refractivity contribution in [1.82, 2.24) is 5.32 Å². The lowest BCUT2D eigenvalue weighted by molar-refractivity contribution is -0.141. The summed E-state index contributed by atoms with van der Waals surface area (Å²) < 4.78 is 0. The number of hydrogen-bond acceptors (Lipinski definition) is 3. The van der Waals surface area contributed by atoms with Gasteiger partial charge in [0.25, 0.3) is 0 Å². The van der Waals surface area contributed by atoms with Crippen molar-refractivity contribution in [3.05, 3.63) is 42.0 Å². The van der Waals surface area contributed by atoms with Gasteiger partial charge in [-0.2, -0.15) is 0 Å². The number of nitrogens with one attached hydrogen (secondary N) is 1. The largest absolute Gasteiger partial charge is 0.508 e. The highest BCUT2D eigenvalue weighted by Crippen LogP contribution is 2.12. The number of carboxylic acids is 1. The Bertz CT molecular complexity index is 639. The molecular formula is C26H41NO4. The molecule has 0 aliphatic heterocycles. The number of allylic oxidation sites excluding steroid dienone is 2. The summed E-state index contributed by atoms with van der Waals surface area (Å²) in [5.74, 6) is -1.13. The molecule has 0 fully saturated rings. The standard InChI is InChI=1S/C26H41NO4/c1-2-3-4-5-6-7-8-9-10-11-12-13-14-15-16-25(29)27-24(26(30)31)21-22-17-19-23(28)20-18-22/h8-9,17-20,24,28H,2-7,10-16,21H2,1H3,(H,27,29)(H,30,31)/b9-8-/t24-/m0/s1. The zero-order valence-electron chi connectivity index (χ0n) is 19.2. The third kappa shape index (κ3) is 14.4. The second-order valence-electron chi connectivity index (χ2n) is 8.31. The fraction of sp³-hybridized carbons (Fsp3) is 0.615. The minimum Gasteiger partial charge on any atom is -0.508 e. The molecule has 0 aromatic heterocycles. The maximum absolute atomic E-state index is 12.1. The molecule has 0 unspecified atom stereocenters. The molecular weight excluding hydrogens is 390 g/mol. The van der Waals surface area contributed by atoms with E-state index >= 15 is 0 Å². The van der Waals surface area contributed by atoms with Gasteiger partial charge in [0.2, 0.25) is 5.91 Å². The molecule has 1 aromatic rings. The number of aromatic hydroxyl groups is 1. The number of carbonyl (C=O) groups excluding carboxylic acids is 1. The van der Waals surface area contributed by atoms with Gasteiger partial charge in [-0.3, -0.25) is 4.79 Å². The number of amides is 1. The second-order valence-corrected chi connectivity index (χ2v) is 8.31. The maximum atomic E-state index is 12.1. The average molecular weight is 432 g/mol. The Morgan fingerprint density at radius 3 is 2.00 bits per heavy atom. The van der Waals surface area contributed by atoms with Crippen LogP contribution in [0.3, 0.4) is 0 Å². The van der Waals surface area contributed by atoms with E-state index in [1.54, 1.807) is 12.1 Å². The number of unbranched alkanes of at least 4 members (excludes halogenated alkanes) is 10. The number of carbonyl (C=O) groups is 2. The molecule has 1 rings (SSSR count). The number of phenols is 1. The molecule has 1 atom stereocenters. The van der Waals surface area contributed by atoms with Gasteiger partial charge in [-0.05, 0) is 49.8 Å². The summed E-state index contributed by atoms with van der Waals surface area (Å²) in [6.45, 7) is 2.24. The van der Waals surface area contributed by atoms with Crippen molar-refractivity contribution in [2.75, 3.05) is 0 Å². The van der Waals surface area contributed by atoms with Crippen LogP contribution in [0.1, 0.15) is 96.0 Å². The minimum absolute atomic E-state index is 0.133. The van der Waals surface area contributed by atoms with Crippen molar-refractivity contribution in [1.29, 1.82) is 0 Å². The van der Waals surface area contributed by atoms with Gasteiger partial charge in [0, 0.05) is 12.8 Å². The van der Waals surface area contributed by atoms with E-state index in [-0.39, 0.29) is 18.1 Å². The lowest BCUT2D eigenvalue weighted by Gasteiger charge is -2.14. The predicted octanol–water partition coefficient (Wildman–Crippen LogP) is 6.15. The molecule has 0 aliphatic carbocycles. The second kappa shape index (κ2) is 17.4. The first-order chi connectivity index (χ1) is 15.0. The van der Waals surface area contributed by atoms with Gasteiger partial charge in [0.1, 0.15) is 11.8 Å². The maximum Gasteiger partial charge on any atom is 0.326 e. The summed E-state index contributed by atoms with van der Waals surface area (Å²) >= 11 is 0. The van der Waals surface area contributed by atoms with Gasteiger partial charge >= 0.3 is 5.97 Å². The Morgan fingerprint density at radius 1 is 0.871 bits per heavy atom. The van der Waals surface area contributed by atoms with Crippen LogP contribution in [0.2, 0.25) is 0 Å². The van der Waals surface area contributed by atoms with Crippen LogP contribution in [0.15, 0.2) is 36.4 Å². The Hall–Kier alpha value is -2.30. The average Bonchev–Trinajstić information content (AvgIpc) is 2.75. The lowest BCUT2D eigenvalue weighted by atomic mass is 10.0. The number of aliphatic carboxylic acids is 1. The Balaban J connectivity index is 2.06. The molecule has 0 spiro atoms. The number of benzene rings is 1. The van der Waals surface area contributed by atoms with Gasteiger partial charge in [0.05, 0.1) is 0 Å². The van der Waals surface area contributed by atoms with Gasteiger partial charge in [-0.15, -0.1) is 0 Å². The first-order valence-corrected chi connectivity index (χ1v) is 12.0. The van der Waals surface area contributed by atoms with Crippen LogP contribution in [0, 0.1) is 0 Å². The van der Waals surface area contributed by atoms with Crippen molar-refractivity contribution in [3.8, 4) is 5.75 Å². The smallest absolute Gasteiger partial charge is 0.326 e. The van der Waals surface area contributed by atoms with E-state index in [0.717, 1.165) is 31.2 Å². The molecule has 0 saturated carbocycles. The molecule has 0 saturated heterocycles. The summed E-state index contributed by atoms with van der Waals surface area (Å²) in [6.07, 6.45) is 19.4. The van der Waals surface area contributed by atoms with E-state index in [4.69, 9.17) is 0 Å². The predicted molar refractivity (Wildman–Crippen MR) is 126 cm³/mol. The van der Waals surface area contributed by atoms with E-state index in [2.05, 4.69) is 24.4 Å². The molecule has 0 heterocycles. The van der Waals surface area contributed by atoms with Crippen LogP contribution in [-0.4, -0.2) is 28.1 Å². The molecule has 5 heteroatoms. The monoisotopic (exact) mass is 431 g/mol. The number of carboxylic acid groups (broad SMARTS) is 1. The first kappa shape index (κ1) is 26.7. The Kier molecular flexibility index (Phi) is 15.0. The zero-order chi connectivity index (χ0) is 22.7. The molecule has 0 radical (unpaired) electrons. The van der Waals surface area contributed by atoms with E-state index in [1.807, 2.05) is 0 Å². The highest BCUT2D eigenvalue weighted by atomic mass is 16.4. The van der Waals surface area contributed by atoms with Crippen LogP contribution >= 0.6 is 0 Å². The van der Waals surface area contributed by atoms with Crippen LogP contribution in [0.25, 0.3) is 0 Å². The van der Waals surface area contributed by atoms with Crippen molar-refractivity contribution in [3.63, 3.8) is 0 Å². The van der Waals surface area contributed by atoms with Crippen LogP contribution in [-0.2, 0) is 16.0 Å².